The van der Waals surface area contributed by atoms with Crippen molar-refractivity contribution < 1.29 is 4.84 Å². The van der Waals surface area contributed by atoms with E-state index in [-0.39, 0.29) is 0 Å². The van der Waals surface area contributed by atoms with E-state index in [1.54, 1.807) is 0 Å². The highest BCUT2D eigenvalue weighted by Crippen LogP contribution is 2.13. The number of terminal acetylenes is 1. The van der Waals surface area contributed by atoms with Gasteiger partial charge >= 0.3 is 0 Å². The van der Waals surface area contributed by atoms with E-state index in [2.05, 4.69) is 16.8 Å². The molecule has 12 heavy (non-hydrogen) atoms. The molecule has 3 nitrogen and oxygen atoms in total. The Morgan fingerprint density at radius 2 is 2.00 bits per heavy atom. The molecule has 0 radical (unpaired) electrons. The molecule has 0 atom stereocenters. The van der Waals surface area contributed by atoms with Crippen LogP contribution in [0.1, 0.15) is 0 Å². The van der Waals surface area contributed by atoms with Gasteiger partial charge in [0.1, 0.15) is 0 Å². The van der Waals surface area contributed by atoms with Gasteiger partial charge in [0.05, 0.1) is 0 Å². The van der Waals surface area contributed by atoms with E-state index >= 15 is 0 Å². The minimum absolute atomic E-state index is 0.687. The molecule has 1 aromatic carbocycles. The molecule has 2 N–H and O–H groups in total. The van der Waals surface area contributed by atoms with Crippen LogP contribution in [0.4, 0.5) is 5.69 Å². The summed E-state index contributed by atoms with van der Waals surface area (Å²) in [5, 5.41) is 2.99. The van der Waals surface area contributed by atoms with Crippen molar-refractivity contribution in [2.45, 2.75) is 0 Å². The Bertz CT molecular complexity index is 274. The maximum absolute atomic E-state index is 4.94. The third-order valence-electron chi connectivity index (χ3n) is 1.37. The van der Waals surface area contributed by atoms with Crippen LogP contribution in [0.15, 0.2) is 24.3 Å². The van der Waals surface area contributed by atoms with Crippen LogP contribution >= 0.6 is 0 Å². The molecule has 3 heteroatoms. The van der Waals surface area contributed by atoms with E-state index in [4.69, 9.17) is 11.3 Å². The Morgan fingerprint density at radius 3 is 2.50 bits per heavy atom. The quantitative estimate of drug-likeness (QED) is 0.398. The minimum Gasteiger partial charge on any atom is -0.388 e. The third-order valence-corrected chi connectivity index (χ3v) is 1.37. The summed E-state index contributed by atoms with van der Waals surface area (Å²) in [6.45, 7) is 0. The standard InChI is InChI=1S/C9H10N2O/c1-3-11-12-9-6-4-8(10-2)5-7-9/h1,4-7,10-11H,2H3. The summed E-state index contributed by atoms with van der Waals surface area (Å²) in [4.78, 5) is 4.94. The van der Waals surface area contributed by atoms with Gasteiger partial charge in [-0.1, -0.05) is 6.42 Å². The molecule has 0 amide bonds. The molecule has 0 aliphatic carbocycles. The number of hydroxylamine groups is 1. The molecule has 0 unspecified atom stereocenters. The summed E-state index contributed by atoms with van der Waals surface area (Å²) in [6, 6.07) is 9.58. The zero-order chi connectivity index (χ0) is 8.81. The molecule has 1 aromatic rings. The predicted octanol–water partition coefficient (Wildman–Crippen LogP) is 1.20. The van der Waals surface area contributed by atoms with Gasteiger partial charge in [0, 0.05) is 18.8 Å². The van der Waals surface area contributed by atoms with Crippen LogP contribution < -0.4 is 15.6 Å². The smallest absolute Gasteiger partial charge is 0.156 e. The van der Waals surface area contributed by atoms with E-state index in [9.17, 15) is 0 Å². The molecule has 0 saturated carbocycles. The molecule has 0 bridgehead atoms. The Labute approximate surface area is 71.7 Å². The average Bonchev–Trinajstić information content (AvgIpc) is 2.15. The van der Waals surface area contributed by atoms with E-state index in [1.165, 1.54) is 0 Å². The van der Waals surface area contributed by atoms with Gasteiger partial charge in [-0.15, -0.1) is 0 Å². The second-order valence-electron chi connectivity index (χ2n) is 2.12. The number of benzene rings is 1. The summed E-state index contributed by atoms with van der Waals surface area (Å²) in [6.07, 6.45) is 4.93. The van der Waals surface area contributed by atoms with Gasteiger partial charge in [0.2, 0.25) is 0 Å². The van der Waals surface area contributed by atoms with Crippen molar-refractivity contribution in [3.8, 4) is 18.2 Å². The van der Waals surface area contributed by atoms with Gasteiger partial charge in [-0.3, -0.25) is 0 Å². The topological polar surface area (TPSA) is 33.3 Å². The highest BCUT2D eigenvalue weighted by atomic mass is 16.6. The van der Waals surface area contributed by atoms with Crippen molar-refractivity contribution in [1.82, 2.24) is 5.48 Å². The summed E-state index contributed by atoms with van der Waals surface area (Å²) in [5.74, 6) is 0.687. The van der Waals surface area contributed by atoms with E-state index in [0.29, 0.717) is 5.75 Å². The van der Waals surface area contributed by atoms with Gasteiger partial charge in [0.15, 0.2) is 5.75 Å². The summed E-state index contributed by atoms with van der Waals surface area (Å²) < 4.78 is 0. The van der Waals surface area contributed by atoms with Gasteiger partial charge in [-0.25, -0.2) is 0 Å². The van der Waals surface area contributed by atoms with Crippen LogP contribution in [0, 0.1) is 12.5 Å². The maximum Gasteiger partial charge on any atom is 0.156 e. The second-order valence-corrected chi connectivity index (χ2v) is 2.12. The molecule has 0 aromatic heterocycles. The Hall–Kier alpha value is -1.82. The second kappa shape index (κ2) is 4.14. The number of hydrogen-bond donors (Lipinski definition) is 2. The molecule has 0 spiro atoms. The number of hydrogen-bond acceptors (Lipinski definition) is 3. The van der Waals surface area contributed by atoms with Crippen LogP contribution in [0.2, 0.25) is 0 Å². The van der Waals surface area contributed by atoms with E-state index in [0.717, 1.165) is 5.69 Å². The van der Waals surface area contributed by atoms with E-state index in [1.807, 2.05) is 31.3 Å². The van der Waals surface area contributed by atoms with E-state index < -0.39 is 0 Å². The zero-order valence-corrected chi connectivity index (χ0v) is 6.79. The van der Waals surface area contributed by atoms with Crippen molar-refractivity contribution in [3.63, 3.8) is 0 Å². The van der Waals surface area contributed by atoms with Crippen molar-refractivity contribution in [1.29, 1.82) is 0 Å². The van der Waals surface area contributed by atoms with Crippen LogP contribution in [0.25, 0.3) is 0 Å². The monoisotopic (exact) mass is 162 g/mol. The Kier molecular flexibility index (Phi) is 2.86. The predicted molar refractivity (Wildman–Crippen MR) is 48.6 cm³/mol. The van der Waals surface area contributed by atoms with Crippen molar-refractivity contribution >= 4 is 5.69 Å². The SMILES string of the molecule is C#CNOc1ccc(NC)cc1. The molecular formula is C9H10N2O. The molecule has 0 aliphatic rings. The van der Waals surface area contributed by atoms with Gasteiger partial charge in [-0.05, 0) is 24.3 Å². The molecule has 0 fully saturated rings. The van der Waals surface area contributed by atoms with Crippen LogP contribution in [-0.2, 0) is 0 Å². The number of rotatable bonds is 3. The minimum atomic E-state index is 0.687. The first-order chi connectivity index (χ1) is 5.86. The van der Waals surface area contributed by atoms with Crippen LogP contribution in [0.3, 0.4) is 0 Å². The average molecular weight is 162 g/mol. The first-order valence-electron chi connectivity index (χ1n) is 3.52. The largest absolute Gasteiger partial charge is 0.388 e. The van der Waals surface area contributed by atoms with Crippen LogP contribution in [-0.4, -0.2) is 7.05 Å². The first kappa shape index (κ1) is 8.28. The lowest BCUT2D eigenvalue weighted by atomic mass is 10.3. The van der Waals surface area contributed by atoms with Gasteiger partial charge in [0.25, 0.3) is 0 Å². The summed E-state index contributed by atoms with van der Waals surface area (Å²) in [5.41, 5.74) is 3.34. The fourth-order valence-corrected chi connectivity index (χ4v) is 0.778. The molecule has 1 rings (SSSR count). The molecule has 62 valence electrons. The lowest BCUT2D eigenvalue weighted by Gasteiger charge is -2.03. The van der Waals surface area contributed by atoms with Crippen molar-refractivity contribution in [2.75, 3.05) is 12.4 Å². The Morgan fingerprint density at radius 1 is 1.33 bits per heavy atom. The lowest BCUT2D eigenvalue weighted by molar-refractivity contribution is 0.253. The molecular weight excluding hydrogens is 152 g/mol. The number of nitrogens with one attached hydrogen (secondary N) is 2. The number of anilines is 1. The first-order valence-corrected chi connectivity index (χ1v) is 3.52. The summed E-state index contributed by atoms with van der Waals surface area (Å²) in [7, 11) is 1.86. The maximum atomic E-state index is 4.94. The zero-order valence-electron chi connectivity index (χ0n) is 6.79. The summed E-state index contributed by atoms with van der Waals surface area (Å²) >= 11 is 0. The molecule has 0 heterocycles. The molecule has 0 aliphatic heterocycles. The Balaban J connectivity index is 2.60. The highest BCUT2D eigenvalue weighted by Gasteiger charge is 1.91. The van der Waals surface area contributed by atoms with Crippen molar-refractivity contribution in [2.24, 2.45) is 0 Å². The molecule has 0 saturated heterocycles. The van der Waals surface area contributed by atoms with Gasteiger partial charge < -0.3 is 10.2 Å². The highest BCUT2D eigenvalue weighted by molar-refractivity contribution is 5.45. The fraction of sp³-hybridized carbons (Fsp3) is 0.111. The van der Waals surface area contributed by atoms with Gasteiger partial charge in [-0.2, -0.15) is 5.48 Å². The fourth-order valence-electron chi connectivity index (χ4n) is 0.778. The van der Waals surface area contributed by atoms with Crippen molar-refractivity contribution in [3.05, 3.63) is 24.3 Å². The lowest BCUT2D eigenvalue weighted by Crippen LogP contribution is -2.10. The van der Waals surface area contributed by atoms with Crippen LogP contribution in [0.5, 0.6) is 5.75 Å². The normalized spacial score (nSPS) is 8.33. The third kappa shape index (κ3) is 2.10.